The van der Waals surface area contributed by atoms with Gasteiger partial charge in [-0.1, -0.05) is 48.2 Å². The number of benzene rings is 2. The van der Waals surface area contributed by atoms with Gasteiger partial charge in [0, 0.05) is 21.9 Å². The van der Waals surface area contributed by atoms with Crippen LogP contribution in [-0.4, -0.2) is 0 Å². The Hall–Kier alpha value is -1.67. The molecule has 0 unspecified atom stereocenters. The van der Waals surface area contributed by atoms with Crippen LogP contribution >= 0.6 is 11.8 Å². The maximum Gasteiger partial charge on any atom is 0.148 e. The van der Waals surface area contributed by atoms with Crippen molar-refractivity contribution in [2.24, 2.45) is 0 Å². The molecular weight excluding hydrogens is 216 g/mol. The van der Waals surface area contributed by atoms with Crippen molar-refractivity contribution in [3.63, 3.8) is 0 Å². The van der Waals surface area contributed by atoms with Crippen molar-refractivity contribution in [3.05, 3.63) is 59.2 Å². The molecule has 2 aromatic carbocycles. The van der Waals surface area contributed by atoms with Crippen LogP contribution in [0, 0.1) is 0 Å². The maximum absolute atomic E-state index is 5.65. The van der Waals surface area contributed by atoms with Crippen molar-refractivity contribution in [1.82, 2.24) is 0 Å². The van der Waals surface area contributed by atoms with Gasteiger partial charge in [0.25, 0.3) is 0 Å². The molecule has 0 bridgehead atoms. The van der Waals surface area contributed by atoms with Gasteiger partial charge in [-0.15, -0.1) is 0 Å². The summed E-state index contributed by atoms with van der Waals surface area (Å²) in [6.45, 7) is 0. The molecule has 0 saturated heterocycles. The van der Waals surface area contributed by atoms with Crippen LogP contribution in [0.5, 0.6) is 0 Å². The van der Waals surface area contributed by atoms with E-state index in [1.807, 2.05) is 5.41 Å². The third-order valence-electron chi connectivity index (χ3n) is 3.03. The van der Waals surface area contributed by atoms with E-state index in [1.54, 1.807) is 18.0 Å². The Labute approximate surface area is 97.4 Å². The molecule has 2 aromatic rings. The van der Waals surface area contributed by atoms with Gasteiger partial charge in [-0.05, 0) is 5.39 Å². The number of hydrogen-bond donors (Lipinski definition) is 0. The third kappa shape index (κ3) is 0.927. The second-order valence-corrected chi connectivity index (χ2v) is 4.79. The summed E-state index contributed by atoms with van der Waals surface area (Å²) in [5.41, 5.74) is 2.53. The molecule has 2 aliphatic rings. The molecule has 16 heavy (non-hydrogen) atoms. The highest BCUT2D eigenvalue weighted by Crippen LogP contribution is 2.49. The predicted molar refractivity (Wildman–Crippen MR) is 68.6 cm³/mol. The monoisotopic (exact) mass is 224 g/mol. The van der Waals surface area contributed by atoms with Gasteiger partial charge in [-0.3, -0.25) is 0 Å². The fourth-order valence-corrected chi connectivity index (χ4v) is 3.20. The van der Waals surface area contributed by atoms with E-state index >= 15 is 0 Å². The van der Waals surface area contributed by atoms with Crippen molar-refractivity contribution in [2.75, 3.05) is 0 Å². The maximum atomic E-state index is 5.65. The Bertz CT molecular complexity index is 615. The average molecular weight is 224 g/mol. The van der Waals surface area contributed by atoms with E-state index in [4.69, 9.17) is 4.74 Å². The molecule has 0 aromatic heterocycles. The molecule has 0 atom stereocenters. The fraction of sp³-hybridized carbons (Fsp3) is 0. The smallest absolute Gasteiger partial charge is 0.148 e. The SMILES string of the molecule is C1=CSC2=C(O1)c1cccc3cccc2c13. The number of ether oxygens (including phenoxy) is 1. The Morgan fingerprint density at radius 1 is 0.938 bits per heavy atom. The lowest BCUT2D eigenvalue weighted by Gasteiger charge is -2.09. The van der Waals surface area contributed by atoms with E-state index in [1.165, 1.54) is 26.8 Å². The van der Waals surface area contributed by atoms with Crippen molar-refractivity contribution in [2.45, 2.75) is 0 Å². The van der Waals surface area contributed by atoms with Crippen LogP contribution in [0.2, 0.25) is 0 Å². The molecule has 0 saturated carbocycles. The summed E-state index contributed by atoms with van der Waals surface area (Å²) in [5.74, 6) is 1.01. The van der Waals surface area contributed by atoms with Gasteiger partial charge >= 0.3 is 0 Å². The summed E-state index contributed by atoms with van der Waals surface area (Å²) in [5, 5.41) is 4.60. The minimum atomic E-state index is 1.01. The summed E-state index contributed by atoms with van der Waals surface area (Å²) >= 11 is 1.74. The molecule has 0 fully saturated rings. The lowest BCUT2D eigenvalue weighted by molar-refractivity contribution is 0.440. The van der Waals surface area contributed by atoms with Crippen molar-refractivity contribution < 1.29 is 4.74 Å². The zero-order valence-corrected chi connectivity index (χ0v) is 9.25. The molecule has 0 N–H and O–H groups in total. The summed E-state index contributed by atoms with van der Waals surface area (Å²) in [7, 11) is 0. The zero-order valence-electron chi connectivity index (χ0n) is 8.44. The second kappa shape index (κ2) is 2.92. The lowest BCUT2D eigenvalue weighted by atomic mass is 10.0. The molecule has 1 nitrogen and oxygen atoms in total. The molecule has 1 heterocycles. The number of hydrogen-bond acceptors (Lipinski definition) is 2. The van der Waals surface area contributed by atoms with E-state index in [0.29, 0.717) is 0 Å². The zero-order chi connectivity index (χ0) is 10.5. The van der Waals surface area contributed by atoms with Gasteiger partial charge in [0.1, 0.15) is 5.76 Å². The van der Waals surface area contributed by atoms with Crippen molar-refractivity contribution in [1.29, 1.82) is 0 Å². The molecular formula is C14H8OS. The highest BCUT2D eigenvalue weighted by molar-refractivity contribution is 8.11. The topological polar surface area (TPSA) is 9.23 Å². The summed E-state index contributed by atoms with van der Waals surface area (Å²) < 4.78 is 5.65. The molecule has 0 radical (unpaired) electrons. The van der Waals surface area contributed by atoms with Gasteiger partial charge in [0.05, 0.1) is 11.2 Å². The summed E-state index contributed by atoms with van der Waals surface area (Å²) in [4.78, 5) is 1.24. The van der Waals surface area contributed by atoms with E-state index in [-0.39, 0.29) is 0 Å². The highest BCUT2D eigenvalue weighted by atomic mass is 32.2. The summed E-state index contributed by atoms with van der Waals surface area (Å²) in [6, 6.07) is 12.8. The van der Waals surface area contributed by atoms with Crippen LogP contribution in [-0.2, 0) is 4.74 Å². The minimum Gasteiger partial charge on any atom is -0.463 e. The summed E-state index contributed by atoms with van der Waals surface area (Å²) in [6.07, 6.45) is 1.76. The quantitative estimate of drug-likeness (QED) is 0.662. The molecule has 0 spiro atoms. The number of thioether (sulfide) groups is 1. The van der Waals surface area contributed by atoms with Crippen LogP contribution in [0.1, 0.15) is 11.1 Å². The van der Waals surface area contributed by atoms with Crippen LogP contribution in [0.4, 0.5) is 0 Å². The Morgan fingerprint density at radius 2 is 1.75 bits per heavy atom. The van der Waals surface area contributed by atoms with Crippen LogP contribution in [0.3, 0.4) is 0 Å². The Kier molecular flexibility index (Phi) is 1.55. The first-order chi connectivity index (χ1) is 7.95. The molecule has 1 aliphatic heterocycles. The third-order valence-corrected chi connectivity index (χ3v) is 3.92. The van der Waals surface area contributed by atoms with Crippen LogP contribution in [0.15, 0.2) is 48.1 Å². The molecule has 4 rings (SSSR count). The van der Waals surface area contributed by atoms with Gasteiger partial charge in [0.2, 0.25) is 0 Å². The van der Waals surface area contributed by atoms with E-state index in [0.717, 1.165) is 5.76 Å². The molecule has 76 valence electrons. The van der Waals surface area contributed by atoms with E-state index < -0.39 is 0 Å². The van der Waals surface area contributed by atoms with Gasteiger partial charge in [-0.2, -0.15) is 0 Å². The van der Waals surface area contributed by atoms with Gasteiger partial charge in [0.15, 0.2) is 0 Å². The first-order valence-electron chi connectivity index (χ1n) is 5.20. The standard InChI is InChI=1S/C14H8OS/c1-3-9-4-2-6-11-12(9)10(5-1)13-14(11)16-8-7-15-13/h1-8H. The van der Waals surface area contributed by atoms with E-state index in [9.17, 15) is 0 Å². The van der Waals surface area contributed by atoms with Gasteiger partial charge in [-0.25, -0.2) is 0 Å². The number of rotatable bonds is 0. The van der Waals surface area contributed by atoms with Gasteiger partial charge < -0.3 is 4.74 Å². The Balaban J connectivity index is 2.16. The molecule has 1 aliphatic carbocycles. The lowest BCUT2D eigenvalue weighted by Crippen LogP contribution is -1.86. The Morgan fingerprint density at radius 3 is 2.62 bits per heavy atom. The van der Waals surface area contributed by atoms with Crippen molar-refractivity contribution >= 4 is 33.2 Å². The second-order valence-electron chi connectivity index (χ2n) is 3.88. The van der Waals surface area contributed by atoms with Crippen molar-refractivity contribution in [3.8, 4) is 0 Å². The normalized spacial score (nSPS) is 16.5. The molecule has 2 heteroatoms. The van der Waals surface area contributed by atoms with Crippen LogP contribution in [0.25, 0.3) is 21.4 Å². The molecule has 0 amide bonds. The fourth-order valence-electron chi connectivity index (χ4n) is 2.39. The average Bonchev–Trinajstić information content (AvgIpc) is 2.68. The van der Waals surface area contributed by atoms with Crippen LogP contribution < -0.4 is 0 Å². The highest BCUT2D eigenvalue weighted by Gasteiger charge is 2.26. The predicted octanol–water partition coefficient (Wildman–Crippen LogP) is 4.21. The minimum absolute atomic E-state index is 1.01. The first kappa shape index (κ1) is 8.48. The largest absolute Gasteiger partial charge is 0.463 e. The number of fused-ring (bicyclic) bond motifs is 2. The first-order valence-corrected chi connectivity index (χ1v) is 6.08. The van der Waals surface area contributed by atoms with E-state index in [2.05, 4.69) is 36.4 Å².